The number of carbonyl (C=O) groups excluding carboxylic acids is 1. The molecule has 0 fully saturated rings. The number of halogens is 2. The quantitative estimate of drug-likeness (QED) is 0.458. The minimum Gasteiger partial charge on any atom is -0.296 e. The van der Waals surface area contributed by atoms with Crippen LogP contribution in [0, 0.1) is 0 Å². The number of nitrogens with one attached hydrogen (secondary N) is 1. The largest absolute Gasteiger partial charge is 0.296 e. The van der Waals surface area contributed by atoms with Crippen molar-refractivity contribution in [3.05, 3.63) is 92.7 Å². The second-order valence-electron chi connectivity index (χ2n) is 6.29. The average molecular weight is 444 g/mol. The van der Waals surface area contributed by atoms with E-state index in [0.29, 0.717) is 28.1 Å². The normalized spacial score (nSPS) is 10.8. The molecule has 0 radical (unpaired) electrons. The summed E-state index contributed by atoms with van der Waals surface area (Å²) >= 11 is 13.6. The summed E-state index contributed by atoms with van der Waals surface area (Å²) in [7, 11) is 0. The first-order valence-electron chi connectivity index (χ1n) is 8.71. The van der Waals surface area contributed by atoms with Crippen LogP contribution < -0.4 is 5.32 Å². The van der Waals surface area contributed by atoms with Gasteiger partial charge in [-0.15, -0.1) is 16.4 Å². The highest BCUT2D eigenvalue weighted by Crippen LogP contribution is 2.27. The van der Waals surface area contributed by atoms with Gasteiger partial charge in [-0.3, -0.25) is 10.1 Å². The van der Waals surface area contributed by atoms with Crippen molar-refractivity contribution in [3.8, 4) is 0 Å². The lowest BCUT2D eigenvalue weighted by Gasteiger charge is -2.02. The Hall–Kier alpha value is -2.74. The molecule has 0 aliphatic carbocycles. The minimum atomic E-state index is -0.356. The molecule has 0 aliphatic heterocycles. The number of benzene rings is 2. The summed E-state index contributed by atoms with van der Waals surface area (Å²) in [6.07, 6.45) is 3.91. The summed E-state index contributed by atoms with van der Waals surface area (Å²) in [6.45, 7) is 0.545. The predicted molar refractivity (Wildman–Crippen MR) is 115 cm³/mol. The first kappa shape index (κ1) is 19.6. The van der Waals surface area contributed by atoms with E-state index >= 15 is 0 Å². The Labute approximate surface area is 181 Å². The maximum Gasteiger partial charge on any atom is 0.279 e. The highest BCUT2D eigenvalue weighted by atomic mass is 35.5. The summed E-state index contributed by atoms with van der Waals surface area (Å²) in [5.74, 6) is -0.356. The Morgan fingerprint density at radius 1 is 1.14 bits per heavy atom. The van der Waals surface area contributed by atoms with Crippen molar-refractivity contribution < 1.29 is 4.79 Å². The number of hydrogen-bond acceptors (Lipinski definition) is 5. The number of aromatic nitrogens is 4. The van der Waals surface area contributed by atoms with Crippen LogP contribution >= 0.6 is 34.5 Å². The second-order valence-corrected chi connectivity index (χ2v) is 8.24. The fourth-order valence-electron chi connectivity index (χ4n) is 2.72. The van der Waals surface area contributed by atoms with Crippen LogP contribution in [0.25, 0.3) is 0 Å². The van der Waals surface area contributed by atoms with Crippen molar-refractivity contribution in [3.63, 3.8) is 0 Å². The molecule has 2 heterocycles. The fourth-order valence-corrected chi connectivity index (χ4v) is 3.93. The van der Waals surface area contributed by atoms with Gasteiger partial charge in [0.15, 0.2) is 10.8 Å². The van der Waals surface area contributed by atoms with E-state index < -0.39 is 0 Å². The van der Waals surface area contributed by atoms with Crippen LogP contribution in [0.3, 0.4) is 0 Å². The van der Waals surface area contributed by atoms with Crippen molar-refractivity contribution in [2.24, 2.45) is 0 Å². The van der Waals surface area contributed by atoms with Gasteiger partial charge in [0.25, 0.3) is 5.91 Å². The third-order valence-corrected chi connectivity index (χ3v) is 5.62. The molecule has 29 heavy (non-hydrogen) atoms. The van der Waals surface area contributed by atoms with Gasteiger partial charge in [0.1, 0.15) is 0 Å². The van der Waals surface area contributed by atoms with E-state index in [1.807, 2.05) is 36.4 Å². The smallest absolute Gasteiger partial charge is 0.279 e. The van der Waals surface area contributed by atoms with Crippen LogP contribution in [-0.2, 0) is 13.0 Å². The molecular formula is C20H15Cl2N5OS. The number of rotatable bonds is 6. The lowest BCUT2D eigenvalue weighted by molar-refractivity contribution is 0.102. The third-order valence-electron chi connectivity index (χ3n) is 4.11. The molecule has 0 spiro atoms. The van der Waals surface area contributed by atoms with Gasteiger partial charge in [-0.25, -0.2) is 9.67 Å². The molecule has 0 bridgehead atoms. The average Bonchev–Trinajstić information content (AvgIpc) is 3.35. The van der Waals surface area contributed by atoms with Crippen molar-refractivity contribution in [2.75, 3.05) is 5.32 Å². The number of nitrogens with zero attached hydrogens (tertiary/aromatic N) is 4. The Bertz CT molecular complexity index is 1140. The maximum atomic E-state index is 12.4. The molecule has 1 amide bonds. The van der Waals surface area contributed by atoms with Crippen LogP contribution in [0.15, 0.2) is 60.9 Å². The molecule has 146 valence electrons. The Kier molecular flexibility index (Phi) is 5.89. The molecule has 0 saturated heterocycles. The van der Waals surface area contributed by atoms with Crippen LogP contribution in [0.2, 0.25) is 10.0 Å². The van der Waals surface area contributed by atoms with Gasteiger partial charge in [0, 0.05) is 27.5 Å². The molecule has 0 unspecified atom stereocenters. The summed E-state index contributed by atoms with van der Waals surface area (Å²) in [6, 6.07) is 15.2. The summed E-state index contributed by atoms with van der Waals surface area (Å²) in [5, 5.41) is 12.5. The predicted octanol–water partition coefficient (Wildman–Crippen LogP) is 4.93. The van der Waals surface area contributed by atoms with E-state index in [9.17, 15) is 4.79 Å². The summed E-state index contributed by atoms with van der Waals surface area (Å²) in [5.41, 5.74) is 2.22. The lowest BCUT2D eigenvalue weighted by Crippen LogP contribution is -2.12. The van der Waals surface area contributed by atoms with Crippen molar-refractivity contribution in [2.45, 2.75) is 13.0 Å². The van der Waals surface area contributed by atoms with E-state index in [4.69, 9.17) is 23.2 Å². The zero-order valence-corrected chi connectivity index (χ0v) is 17.4. The summed E-state index contributed by atoms with van der Waals surface area (Å²) in [4.78, 5) is 17.7. The monoisotopic (exact) mass is 443 g/mol. The highest BCUT2D eigenvalue weighted by molar-refractivity contribution is 7.15. The molecular weight excluding hydrogens is 429 g/mol. The SMILES string of the molecule is O=C(Nc1ncc(Cc2cc(Cl)ccc2Cl)s1)c1cn(Cc2ccccc2)nn1. The standard InChI is InChI=1S/C20H15Cl2N5OS/c21-15-6-7-17(22)14(8-15)9-16-10-23-20(29-16)24-19(28)18-12-27(26-25-18)11-13-4-2-1-3-5-13/h1-8,10,12H,9,11H2,(H,23,24,28). The van der Waals surface area contributed by atoms with Crippen LogP contribution in [0.5, 0.6) is 0 Å². The van der Waals surface area contributed by atoms with Crippen LogP contribution in [0.1, 0.15) is 26.5 Å². The highest BCUT2D eigenvalue weighted by Gasteiger charge is 2.14. The lowest BCUT2D eigenvalue weighted by atomic mass is 10.1. The van der Waals surface area contributed by atoms with Gasteiger partial charge >= 0.3 is 0 Å². The van der Waals surface area contributed by atoms with Gasteiger partial charge < -0.3 is 0 Å². The van der Waals surface area contributed by atoms with Crippen molar-refractivity contribution in [1.29, 1.82) is 0 Å². The zero-order valence-electron chi connectivity index (χ0n) is 15.0. The number of anilines is 1. The van der Waals surface area contributed by atoms with E-state index in [1.165, 1.54) is 11.3 Å². The Morgan fingerprint density at radius 3 is 2.79 bits per heavy atom. The van der Waals surface area contributed by atoms with E-state index in [-0.39, 0.29) is 11.6 Å². The molecule has 1 N–H and O–H groups in total. The maximum absolute atomic E-state index is 12.4. The van der Waals surface area contributed by atoms with E-state index in [0.717, 1.165) is 16.0 Å². The zero-order chi connectivity index (χ0) is 20.2. The fraction of sp³-hybridized carbons (Fsp3) is 0.100. The minimum absolute atomic E-state index is 0.232. The van der Waals surface area contributed by atoms with E-state index in [2.05, 4.69) is 20.6 Å². The Balaban J connectivity index is 1.40. The first-order chi connectivity index (χ1) is 14.1. The number of amides is 1. The van der Waals surface area contributed by atoms with Crippen LogP contribution in [0.4, 0.5) is 5.13 Å². The topological polar surface area (TPSA) is 72.7 Å². The molecule has 6 nitrogen and oxygen atoms in total. The Morgan fingerprint density at radius 2 is 1.97 bits per heavy atom. The second kappa shape index (κ2) is 8.73. The van der Waals surface area contributed by atoms with Gasteiger partial charge in [-0.2, -0.15) is 0 Å². The molecule has 4 rings (SSSR count). The van der Waals surface area contributed by atoms with Crippen molar-refractivity contribution >= 4 is 45.6 Å². The molecule has 4 aromatic rings. The van der Waals surface area contributed by atoms with Crippen LogP contribution in [-0.4, -0.2) is 25.9 Å². The summed E-state index contributed by atoms with van der Waals surface area (Å²) < 4.78 is 1.62. The number of hydrogen-bond donors (Lipinski definition) is 1. The molecule has 9 heteroatoms. The number of carbonyl (C=O) groups is 1. The van der Waals surface area contributed by atoms with Gasteiger partial charge in [-0.05, 0) is 29.3 Å². The first-order valence-corrected chi connectivity index (χ1v) is 10.3. The van der Waals surface area contributed by atoms with Gasteiger partial charge in [0.05, 0.1) is 12.7 Å². The van der Waals surface area contributed by atoms with E-state index in [1.54, 1.807) is 29.2 Å². The molecule has 0 aliphatic rings. The van der Waals surface area contributed by atoms with Gasteiger partial charge in [-0.1, -0.05) is 58.7 Å². The van der Waals surface area contributed by atoms with Crippen molar-refractivity contribution in [1.82, 2.24) is 20.0 Å². The molecule has 2 aromatic carbocycles. The molecule has 0 saturated carbocycles. The molecule has 2 aromatic heterocycles. The third kappa shape index (κ3) is 5.00. The number of thiazole rings is 1. The molecule has 0 atom stereocenters. The van der Waals surface area contributed by atoms with Gasteiger partial charge in [0.2, 0.25) is 0 Å².